The molecule has 0 saturated carbocycles. The second-order valence-corrected chi connectivity index (χ2v) is 8.07. The highest BCUT2D eigenvalue weighted by atomic mass is 16.5. The van der Waals surface area contributed by atoms with Crippen molar-refractivity contribution in [2.75, 3.05) is 11.9 Å². The van der Waals surface area contributed by atoms with Gasteiger partial charge in [0.1, 0.15) is 0 Å². The van der Waals surface area contributed by atoms with Gasteiger partial charge >= 0.3 is 5.97 Å². The summed E-state index contributed by atoms with van der Waals surface area (Å²) in [7, 11) is 0. The van der Waals surface area contributed by atoms with E-state index in [1.165, 1.54) is 0 Å². The topological polar surface area (TPSA) is 55.4 Å². The fourth-order valence-electron chi connectivity index (χ4n) is 2.50. The first-order valence-corrected chi connectivity index (χ1v) is 8.59. The number of nitrogens with one attached hydrogen (secondary N) is 1. The zero-order chi connectivity index (χ0) is 18.5. The first kappa shape index (κ1) is 20.2. The molecule has 0 aliphatic rings. The van der Waals surface area contributed by atoms with Gasteiger partial charge in [-0.3, -0.25) is 9.59 Å². The number of benzene rings is 1. The van der Waals surface area contributed by atoms with E-state index in [1.54, 1.807) is 0 Å². The predicted octanol–water partition coefficient (Wildman–Crippen LogP) is 4.85. The SMILES string of the molecule is CC(C)c1cccc(C(C)C)c1NC(=O)COC(=O)CC(C)(C)C. The van der Waals surface area contributed by atoms with Crippen molar-refractivity contribution >= 4 is 17.6 Å². The number of hydrogen-bond acceptors (Lipinski definition) is 3. The van der Waals surface area contributed by atoms with Gasteiger partial charge < -0.3 is 10.1 Å². The van der Waals surface area contributed by atoms with Gasteiger partial charge in [-0.15, -0.1) is 0 Å². The highest BCUT2D eigenvalue weighted by Crippen LogP contribution is 2.32. The summed E-state index contributed by atoms with van der Waals surface area (Å²) in [6.45, 7) is 14.0. The summed E-state index contributed by atoms with van der Waals surface area (Å²) in [6.07, 6.45) is 0.292. The van der Waals surface area contributed by atoms with Gasteiger partial charge in [0, 0.05) is 5.69 Å². The lowest BCUT2D eigenvalue weighted by molar-refractivity contribution is -0.149. The van der Waals surface area contributed by atoms with Crippen LogP contribution >= 0.6 is 0 Å². The van der Waals surface area contributed by atoms with Crippen molar-refractivity contribution in [2.24, 2.45) is 5.41 Å². The van der Waals surface area contributed by atoms with Gasteiger partial charge in [-0.25, -0.2) is 0 Å². The monoisotopic (exact) mass is 333 g/mol. The molecule has 4 nitrogen and oxygen atoms in total. The Labute approximate surface area is 146 Å². The molecule has 1 rings (SSSR count). The molecule has 0 radical (unpaired) electrons. The minimum Gasteiger partial charge on any atom is -0.456 e. The molecule has 1 amide bonds. The van der Waals surface area contributed by atoms with Crippen molar-refractivity contribution in [2.45, 2.75) is 66.7 Å². The van der Waals surface area contributed by atoms with Crippen molar-refractivity contribution in [3.05, 3.63) is 29.3 Å². The Morgan fingerprint density at radius 2 is 1.54 bits per heavy atom. The molecule has 0 bridgehead atoms. The van der Waals surface area contributed by atoms with Crippen molar-refractivity contribution in [3.8, 4) is 0 Å². The fraction of sp³-hybridized carbons (Fsp3) is 0.600. The zero-order valence-electron chi connectivity index (χ0n) is 16.0. The summed E-state index contributed by atoms with van der Waals surface area (Å²) in [4.78, 5) is 24.0. The predicted molar refractivity (Wildman–Crippen MR) is 98.3 cm³/mol. The fourth-order valence-corrected chi connectivity index (χ4v) is 2.50. The minimum absolute atomic E-state index is 0.150. The summed E-state index contributed by atoms with van der Waals surface area (Å²) in [5.74, 6) is -0.0592. The molecule has 134 valence electrons. The number of carbonyl (C=O) groups is 2. The molecule has 4 heteroatoms. The van der Waals surface area contributed by atoms with Crippen LogP contribution in [-0.4, -0.2) is 18.5 Å². The molecule has 24 heavy (non-hydrogen) atoms. The minimum atomic E-state index is -0.348. The third-order valence-electron chi connectivity index (χ3n) is 3.68. The summed E-state index contributed by atoms with van der Waals surface area (Å²) >= 11 is 0. The van der Waals surface area contributed by atoms with Crippen molar-refractivity contribution in [1.82, 2.24) is 0 Å². The molecule has 0 atom stereocenters. The number of hydrogen-bond donors (Lipinski definition) is 1. The second kappa shape index (κ2) is 8.32. The maximum Gasteiger partial charge on any atom is 0.306 e. The standard InChI is InChI=1S/C20H31NO3/c1-13(2)15-9-8-10-16(14(3)4)19(15)21-17(22)12-24-18(23)11-20(5,6)7/h8-10,13-14H,11-12H2,1-7H3,(H,21,22). The van der Waals surface area contributed by atoms with Gasteiger partial charge in [0.25, 0.3) is 5.91 Å². The molecular weight excluding hydrogens is 302 g/mol. The van der Waals surface area contributed by atoms with Crippen molar-refractivity contribution < 1.29 is 14.3 Å². The highest BCUT2D eigenvalue weighted by Gasteiger charge is 2.19. The van der Waals surface area contributed by atoms with Crippen LogP contribution in [0.25, 0.3) is 0 Å². The van der Waals surface area contributed by atoms with E-state index in [0.29, 0.717) is 18.3 Å². The van der Waals surface area contributed by atoms with Crippen LogP contribution in [-0.2, 0) is 14.3 Å². The van der Waals surface area contributed by atoms with E-state index in [4.69, 9.17) is 4.74 Å². The number of amides is 1. The molecule has 0 aromatic heterocycles. The van der Waals surface area contributed by atoms with E-state index in [2.05, 4.69) is 33.0 Å². The quantitative estimate of drug-likeness (QED) is 0.757. The van der Waals surface area contributed by atoms with E-state index >= 15 is 0 Å². The average molecular weight is 333 g/mol. The van der Waals surface area contributed by atoms with Crippen LogP contribution in [0.3, 0.4) is 0 Å². The van der Waals surface area contributed by atoms with Crippen molar-refractivity contribution in [1.29, 1.82) is 0 Å². The normalized spacial score (nSPS) is 11.7. The Morgan fingerprint density at radius 3 is 1.96 bits per heavy atom. The third kappa shape index (κ3) is 6.34. The Kier molecular flexibility index (Phi) is 7.00. The van der Waals surface area contributed by atoms with Crippen LogP contribution in [0.4, 0.5) is 5.69 Å². The Hall–Kier alpha value is -1.84. The van der Waals surface area contributed by atoms with E-state index in [-0.39, 0.29) is 23.9 Å². The van der Waals surface area contributed by atoms with Crippen LogP contribution in [0, 0.1) is 5.41 Å². The van der Waals surface area contributed by atoms with Gasteiger partial charge in [-0.05, 0) is 28.4 Å². The summed E-state index contributed by atoms with van der Waals surface area (Å²) < 4.78 is 5.10. The molecule has 1 aromatic rings. The molecule has 0 heterocycles. The third-order valence-corrected chi connectivity index (χ3v) is 3.68. The number of para-hydroxylation sites is 1. The van der Waals surface area contributed by atoms with Gasteiger partial charge in [0.2, 0.25) is 0 Å². The first-order chi connectivity index (χ1) is 11.0. The van der Waals surface area contributed by atoms with Crippen LogP contribution in [0.1, 0.15) is 77.8 Å². The number of ether oxygens (including phenoxy) is 1. The lowest BCUT2D eigenvalue weighted by Gasteiger charge is -2.20. The molecule has 0 saturated heterocycles. The van der Waals surface area contributed by atoms with Crippen LogP contribution in [0.15, 0.2) is 18.2 Å². The molecule has 0 spiro atoms. The van der Waals surface area contributed by atoms with Crippen LogP contribution in [0.2, 0.25) is 0 Å². The summed E-state index contributed by atoms with van der Waals surface area (Å²) in [6, 6.07) is 6.07. The molecule has 0 aliphatic carbocycles. The Balaban J connectivity index is 2.81. The molecule has 1 aromatic carbocycles. The van der Waals surface area contributed by atoms with Gasteiger partial charge in [0.15, 0.2) is 6.61 Å². The highest BCUT2D eigenvalue weighted by molar-refractivity contribution is 5.94. The lowest BCUT2D eigenvalue weighted by atomic mass is 9.92. The first-order valence-electron chi connectivity index (χ1n) is 8.59. The maximum absolute atomic E-state index is 12.2. The number of carbonyl (C=O) groups excluding carboxylic acids is 2. The van der Waals surface area contributed by atoms with Gasteiger partial charge in [0.05, 0.1) is 6.42 Å². The van der Waals surface area contributed by atoms with E-state index in [0.717, 1.165) is 16.8 Å². The molecule has 0 unspecified atom stereocenters. The number of rotatable bonds is 6. The molecule has 1 N–H and O–H groups in total. The van der Waals surface area contributed by atoms with E-state index < -0.39 is 0 Å². The smallest absolute Gasteiger partial charge is 0.306 e. The average Bonchev–Trinajstić information content (AvgIpc) is 2.43. The maximum atomic E-state index is 12.2. The molecule has 0 aliphatic heterocycles. The molecule has 0 fully saturated rings. The van der Waals surface area contributed by atoms with Crippen molar-refractivity contribution in [3.63, 3.8) is 0 Å². The Morgan fingerprint density at radius 1 is 1.04 bits per heavy atom. The lowest BCUT2D eigenvalue weighted by Crippen LogP contribution is -2.24. The molecular formula is C20H31NO3. The van der Waals surface area contributed by atoms with E-state index in [1.807, 2.05) is 39.0 Å². The van der Waals surface area contributed by atoms with Crippen LogP contribution in [0.5, 0.6) is 0 Å². The van der Waals surface area contributed by atoms with Gasteiger partial charge in [-0.2, -0.15) is 0 Å². The number of esters is 1. The zero-order valence-corrected chi connectivity index (χ0v) is 16.0. The number of anilines is 1. The van der Waals surface area contributed by atoms with Gasteiger partial charge in [-0.1, -0.05) is 66.7 Å². The van der Waals surface area contributed by atoms with Crippen LogP contribution < -0.4 is 5.32 Å². The Bertz CT molecular complexity index is 557. The summed E-state index contributed by atoms with van der Waals surface area (Å²) in [5.41, 5.74) is 2.88. The largest absolute Gasteiger partial charge is 0.456 e. The summed E-state index contributed by atoms with van der Waals surface area (Å²) in [5, 5.41) is 2.94. The van der Waals surface area contributed by atoms with E-state index in [9.17, 15) is 9.59 Å². The second-order valence-electron chi connectivity index (χ2n) is 8.07.